The molecular formula is C12H22O3. The van der Waals surface area contributed by atoms with E-state index in [1.54, 1.807) is 7.11 Å². The molecule has 0 aromatic rings. The van der Waals surface area contributed by atoms with Crippen LogP contribution in [0.2, 0.25) is 0 Å². The first-order valence-electron chi connectivity index (χ1n) is 6.05. The van der Waals surface area contributed by atoms with Crippen LogP contribution in [0, 0.1) is 5.92 Å². The van der Waals surface area contributed by atoms with Crippen molar-refractivity contribution in [2.24, 2.45) is 5.92 Å². The molecule has 2 aliphatic rings. The van der Waals surface area contributed by atoms with E-state index in [9.17, 15) is 0 Å². The van der Waals surface area contributed by atoms with E-state index < -0.39 is 5.97 Å². The van der Waals surface area contributed by atoms with Crippen molar-refractivity contribution in [1.29, 1.82) is 0 Å². The Morgan fingerprint density at radius 2 is 1.80 bits per heavy atom. The average molecular weight is 214 g/mol. The van der Waals surface area contributed by atoms with Crippen molar-refractivity contribution in [1.82, 2.24) is 0 Å². The topological polar surface area (TPSA) is 27.7 Å². The number of methoxy groups -OCH3 is 1. The van der Waals surface area contributed by atoms with Crippen molar-refractivity contribution >= 4 is 0 Å². The van der Waals surface area contributed by atoms with Crippen LogP contribution in [0.3, 0.4) is 0 Å². The highest BCUT2D eigenvalue weighted by atomic mass is 16.9. The molecule has 15 heavy (non-hydrogen) atoms. The molecule has 2 rings (SSSR count). The van der Waals surface area contributed by atoms with E-state index >= 15 is 0 Å². The van der Waals surface area contributed by atoms with E-state index in [1.807, 2.05) is 6.92 Å². The summed E-state index contributed by atoms with van der Waals surface area (Å²) in [4.78, 5) is 0. The van der Waals surface area contributed by atoms with Crippen LogP contribution in [0.1, 0.15) is 46.0 Å². The third-order valence-electron chi connectivity index (χ3n) is 3.70. The smallest absolute Gasteiger partial charge is 0.280 e. The van der Waals surface area contributed by atoms with Gasteiger partial charge in [-0.25, -0.2) is 0 Å². The summed E-state index contributed by atoms with van der Waals surface area (Å²) < 4.78 is 16.9. The molecule has 1 saturated carbocycles. The summed E-state index contributed by atoms with van der Waals surface area (Å²) in [5, 5.41) is 0. The molecule has 1 aliphatic heterocycles. The van der Waals surface area contributed by atoms with E-state index in [0.29, 0.717) is 5.92 Å². The van der Waals surface area contributed by atoms with E-state index in [1.165, 1.54) is 32.1 Å². The van der Waals surface area contributed by atoms with E-state index in [2.05, 4.69) is 6.92 Å². The second kappa shape index (κ2) is 4.40. The number of rotatable bonds is 2. The summed E-state index contributed by atoms with van der Waals surface area (Å²) in [5.74, 6) is -0.160. The van der Waals surface area contributed by atoms with Crippen molar-refractivity contribution in [2.75, 3.05) is 7.11 Å². The van der Waals surface area contributed by atoms with Crippen molar-refractivity contribution in [3.05, 3.63) is 0 Å². The Hall–Kier alpha value is -0.120. The maximum absolute atomic E-state index is 5.91. The van der Waals surface area contributed by atoms with Gasteiger partial charge in [-0.3, -0.25) is 0 Å². The molecule has 3 nitrogen and oxygen atoms in total. The van der Waals surface area contributed by atoms with Gasteiger partial charge in [-0.05, 0) is 25.7 Å². The molecule has 0 spiro atoms. The molecule has 0 aromatic heterocycles. The second-order valence-corrected chi connectivity index (χ2v) is 4.87. The zero-order valence-electron chi connectivity index (χ0n) is 9.99. The molecule has 0 aromatic carbocycles. The lowest BCUT2D eigenvalue weighted by Gasteiger charge is -2.28. The summed E-state index contributed by atoms with van der Waals surface area (Å²) in [6.07, 6.45) is 6.96. The van der Waals surface area contributed by atoms with Crippen molar-refractivity contribution in [2.45, 2.75) is 64.1 Å². The van der Waals surface area contributed by atoms with E-state index in [0.717, 1.165) is 0 Å². The quantitative estimate of drug-likeness (QED) is 0.707. The maximum atomic E-state index is 5.91. The first-order chi connectivity index (χ1) is 7.14. The molecule has 3 heteroatoms. The Bertz CT molecular complexity index is 213. The summed E-state index contributed by atoms with van der Waals surface area (Å²) in [5.41, 5.74) is 0. The molecule has 0 N–H and O–H groups in total. The van der Waals surface area contributed by atoms with Gasteiger partial charge in [0.15, 0.2) is 0 Å². The molecule has 88 valence electrons. The first-order valence-corrected chi connectivity index (χ1v) is 6.05. The fourth-order valence-electron chi connectivity index (χ4n) is 2.81. The lowest BCUT2D eigenvalue weighted by atomic mass is 9.84. The van der Waals surface area contributed by atoms with Crippen molar-refractivity contribution < 1.29 is 14.2 Å². The lowest BCUT2D eigenvalue weighted by Crippen LogP contribution is -2.32. The van der Waals surface area contributed by atoms with Crippen LogP contribution in [0.5, 0.6) is 0 Å². The summed E-state index contributed by atoms with van der Waals surface area (Å²) in [7, 11) is 1.63. The van der Waals surface area contributed by atoms with Gasteiger partial charge in [-0.2, -0.15) is 0 Å². The zero-order chi connectivity index (χ0) is 10.9. The van der Waals surface area contributed by atoms with Crippen molar-refractivity contribution in [3.63, 3.8) is 0 Å². The zero-order valence-corrected chi connectivity index (χ0v) is 9.99. The van der Waals surface area contributed by atoms with Gasteiger partial charge < -0.3 is 14.2 Å². The Balaban J connectivity index is 1.97. The predicted molar refractivity (Wildman–Crippen MR) is 57.4 cm³/mol. The number of hydrogen-bond donors (Lipinski definition) is 0. The van der Waals surface area contributed by atoms with Gasteiger partial charge in [0.2, 0.25) is 0 Å². The summed E-state index contributed by atoms with van der Waals surface area (Å²) in [6.45, 7) is 3.94. The molecule has 1 unspecified atom stereocenters. The SMILES string of the molecule is COC1(C)O[C@H](C2CCCCC2)[C@@H](C)O1. The average Bonchev–Trinajstić information content (AvgIpc) is 2.57. The Morgan fingerprint density at radius 3 is 2.33 bits per heavy atom. The van der Waals surface area contributed by atoms with Gasteiger partial charge in [0.25, 0.3) is 5.97 Å². The van der Waals surface area contributed by atoms with Crippen LogP contribution in [0.25, 0.3) is 0 Å². The third-order valence-corrected chi connectivity index (χ3v) is 3.70. The molecular weight excluding hydrogens is 192 g/mol. The number of hydrogen-bond acceptors (Lipinski definition) is 3. The molecule has 2 fully saturated rings. The highest BCUT2D eigenvalue weighted by molar-refractivity contribution is 4.84. The van der Waals surface area contributed by atoms with Crippen LogP contribution < -0.4 is 0 Å². The van der Waals surface area contributed by atoms with E-state index in [-0.39, 0.29) is 12.2 Å². The van der Waals surface area contributed by atoms with Crippen LogP contribution >= 0.6 is 0 Å². The Labute approximate surface area is 92.1 Å². The molecule has 3 atom stereocenters. The van der Waals surface area contributed by atoms with Gasteiger partial charge in [0.1, 0.15) is 0 Å². The van der Waals surface area contributed by atoms with Crippen LogP contribution in [-0.2, 0) is 14.2 Å². The van der Waals surface area contributed by atoms with Gasteiger partial charge in [0.05, 0.1) is 12.2 Å². The molecule has 1 heterocycles. The standard InChI is InChI=1S/C12H22O3/c1-9-11(10-7-5-4-6-8-10)15-12(2,13-3)14-9/h9-11H,4-8H2,1-3H3/t9-,11+,12?/m1/s1. The highest BCUT2D eigenvalue weighted by Crippen LogP contribution is 2.38. The predicted octanol–water partition coefficient (Wildman–Crippen LogP) is 2.69. The Morgan fingerprint density at radius 1 is 1.13 bits per heavy atom. The monoisotopic (exact) mass is 214 g/mol. The first kappa shape index (κ1) is 11.4. The van der Waals surface area contributed by atoms with Crippen LogP contribution in [-0.4, -0.2) is 25.3 Å². The fourth-order valence-corrected chi connectivity index (χ4v) is 2.81. The van der Waals surface area contributed by atoms with Gasteiger partial charge in [-0.1, -0.05) is 19.3 Å². The largest absolute Gasteiger partial charge is 0.331 e. The summed E-state index contributed by atoms with van der Waals surface area (Å²) in [6, 6.07) is 0. The maximum Gasteiger partial charge on any atom is 0.280 e. The minimum Gasteiger partial charge on any atom is -0.331 e. The van der Waals surface area contributed by atoms with Crippen LogP contribution in [0.4, 0.5) is 0 Å². The fraction of sp³-hybridized carbons (Fsp3) is 1.00. The Kier molecular flexibility index (Phi) is 3.33. The normalized spacial score (nSPS) is 43.4. The molecule has 1 aliphatic carbocycles. The second-order valence-electron chi connectivity index (χ2n) is 4.87. The van der Waals surface area contributed by atoms with Gasteiger partial charge >= 0.3 is 0 Å². The van der Waals surface area contributed by atoms with Crippen molar-refractivity contribution in [3.8, 4) is 0 Å². The van der Waals surface area contributed by atoms with Gasteiger partial charge in [-0.15, -0.1) is 0 Å². The molecule has 1 saturated heterocycles. The molecule has 0 bridgehead atoms. The lowest BCUT2D eigenvalue weighted by molar-refractivity contribution is -0.319. The van der Waals surface area contributed by atoms with Gasteiger partial charge in [0, 0.05) is 14.0 Å². The minimum absolute atomic E-state index is 0.151. The summed E-state index contributed by atoms with van der Waals surface area (Å²) >= 11 is 0. The van der Waals surface area contributed by atoms with Crippen LogP contribution in [0.15, 0.2) is 0 Å². The highest BCUT2D eigenvalue weighted by Gasteiger charge is 2.45. The molecule has 0 amide bonds. The minimum atomic E-state index is -0.818. The van der Waals surface area contributed by atoms with E-state index in [4.69, 9.17) is 14.2 Å². The number of ether oxygens (including phenoxy) is 3. The third kappa shape index (κ3) is 2.35. The molecule has 0 radical (unpaired) electrons.